The lowest BCUT2D eigenvalue weighted by Crippen LogP contribution is -2.57. The predicted molar refractivity (Wildman–Crippen MR) is 74.3 cm³/mol. The molecule has 0 spiro atoms. The van der Waals surface area contributed by atoms with Gasteiger partial charge in [-0.1, -0.05) is 0 Å². The first kappa shape index (κ1) is 26.7. The van der Waals surface area contributed by atoms with Crippen LogP contribution in [0.1, 0.15) is 5.56 Å². The third-order valence-electron chi connectivity index (χ3n) is 3.48. The third-order valence-corrected chi connectivity index (χ3v) is 3.48. The maximum absolute atomic E-state index is 13.4. The number of rotatable bonds is 6. The van der Waals surface area contributed by atoms with Crippen molar-refractivity contribution in [1.29, 1.82) is 0 Å². The second-order valence-electron chi connectivity index (χ2n) is 5.58. The summed E-state index contributed by atoms with van der Waals surface area (Å²) in [7, 11) is 0. The topological polar surface area (TPSA) is 115 Å². The van der Waals surface area contributed by atoms with E-state index in [1.165, 1.54) is 0 Å². The van der Waals surface area contributed by atoms with E-state index in [-0.39, 0.29) is 0 Å². The molecule has 32 heavy (non-hydrogen) atoms. The molecule has 0 saturated heterocycles. The van der Waals surface area contributed by atoms with Crippen LogP contribution in [-0.2, 0) is 10.7 Å². The number of nitro benzene ring substituents is 2. The minimum atomic E-state index is -7.13. The van der Waals surface area contributed by atoms with Gasteiger partial charge in [-0.3, -0.25) is 25.0 Å². The number of amides is 1. The number of hydrogen-bond donors (Lipinski definition) is 1. The van der Waals surface area contributed by atoms with Crippen LogP contribution in [0.5, 0.6) is 0 Å². The monoisotopic (exact) mass is 497 g/mol. The Bertz CT molecular complexity index is 921. The number of nitrogens with one attached hydrogen (secondary N) is 1. The van der Waals surface area contributed by atoms with E-state index in [4.69, 9.17) is 0 Å². The van der Waals surface area contributed by atoms with Crippen molar-refractivity contribution in [1.82, 2.24) is 0 Å². The van der Waals surface area contributed by atoms with Crippen LogP contribution >= 0.6 is 0 Å². The van der Waals surface area contributed by atoms with Gasteiger partial charge in [0.25, 0.3) is 11.4 Å². The first-order valence-electron chi connectivity index (χ1n) is 7.05. The van der Waals surface area contributed by atoms with E-state index in [0.29, 0.717) is 5.32 Å². The number of carbonyl (C=O) groups is 1. The lowest BCUT2D eigenvalue weighted by atomic mass is 10.0. The van der Waals surface area contributed by atoms with Crippen LogP contribution in [-0.4, -0.2) is 40.0 Å². The van der Waals surface area contributed by atoms with Crippen molar-refractivity contribution in [2.75, 3.05) is 5.32 Å². The van der Waals surface area contributed by atoms with E-state index in [0.717, 1.165) is 0 Å². The molecule has 0 aliphatic heterocycles. The van der Waals surface area contributed by atoms with Gasteiger partial charge in [0.15, 0.2) is 5.69 Å². The zero-order valence-corrected chi connectivity index (χ0v) is 14.1. The van der Waals surface area contributed by atoms with Crippen molar-refractivity contribution in [3.05, 3.63) is 37.9 Å². The van der Waals surface area contributed by atoms with Gasteiger partial charge in [-0.15, -0.1) is 0 Å². The number of benzene rings is 1. The fourth-order valence-electron chi connectivity index (χ4n) is 1.89. The molecule has 0 aliphatic rings. The second kappa shape index (κ2) is 7.65. The molecule has 0 radical (unpaired) electrons. The minimum absolute atomic E-state index is 0.299. The van der Waals surface area contributed by atoms with Crippen molar-refractivity contribution in [3.8, 4) is 0 Å². The molecule has 0 aliphatic carbocycles. The third kappa shape index (κ3) is 4.33. The Morgan fingerprint density at radius 3 is 1.41 bits per heavy atom. The van der Waals surface area contributed by atoms with Gasteiger partial charge in [0.2, 0.25) is 0 Å². The maximum Gasteiger partial charge on any atom is 0.460 e. The van der Waals surface area contributed by atoms with Gasteiger partial charge in [-0.25, -0.2) is 0 Å². The van der Waals surface area contributed by atoms with Crippen LogP contribution in [0, 0.1) is 20.2 Å². The fraction of sp³-hybridized carbons (Fsp3) is 0.417. The van der Waals surface area contributed by atoms with Crippen LogP contribution in [0.4, 0.5) is 69.7 Å². The molecule has 0 fully saturated rings. The SMILES string of the molecule is O=C(Nc1c([N+](=O)[O-])cc(C(F)(F)C(F)(F)F)cc1[N+](=O)[O-])C(F)(F)C(F)(F)C(F)(F)F. The molecule has 0 unspecified atom stereocenters. The molecule has 1 aromatic rings. The molecule has 180 valence electrons. The van der Waals surface area contributed by atoms with Gasteiger partial charge in [-0.2, -0.15) is 52.7 Å². The highest BCUT2D eigenvalue weighted by Gasteiger charge is 2.76. The largest absolute Gasteiger partial charge is 0.460 e. The Morgan fingerprint density at radius 2 is 1.12 bits per heavy atom. The van der Waals surface area contributed by atoms with Crippen molar-refractivity contribution < 1.29 is 67.3 Å². The number of alkyl halides is 12. The average Bonchev–Trinajstić information content (AvgIpc) is 2.58. The molecular weight excluding hydrogens is 494 g/mol. The maximum atomic E-state index is 13.4. The van der Waals surface area contributed by atoms with Crippen molar-refractivity contribution in [2.45, 2.75) is 30.1 Å². The summed E-state index contributed by atoms with van der Waals surface area (Å²) in [5.74, 6) is -23.6. The summed E-state index contributed by atoms with van der Waals surface area (Å²) in [6, 6.07) is -1.56. The number of nitro groups is 2. The van der Waals surface area contributed by atoms with E-state index in [1.54, 1.807) is 0 Å². The average molecular weight is 497 g/mol. The molecule has 1 amide bonds. The Labute approximate surface area is 165 Å². The van der Waals surface area contributed by atoms with Crippen LogP contribution in [0.3, 0.4) is 0 Å². The summed E-state index contributed by atoms with van der Waals surface area (Å²) in [4.78, 5) is 29.1. The van der Waals surface area contributed by atoms with E-state index in [2.05, 4.69) is 0 Å². The molecule has 1 N–H and O–H groups in total. The number of halogens is 12. The zero-order chi connectivity index (χ0) is 25.7. The van der Waals surface area contributed by atoms with E-state index >= 15 is 0 Å². The molecule has 0 bridgehead atoms. The van der Waals surface area contributed by atoms with Crippen LogP contribution < -0.4 is 5.32 Å². The molecule has 20 heteroatoms. The molecule has 0 aromatic heterocycles. The van der Waals surface area contributed by atoms with Crippen molar-refractivity contribution in [2.24, 2.45) is 0 Å². The van der Waals surface area contributed by atoms with E-state index in [9.17, 15) is 77.7 Å². The molecule has 0 saturated carbocycles. The lowest BCUT2D eigenvalue weighted by Gasteiger charge is -2.27. The zero-order valence-electron chi connectivity index (χ0n) is 14.1. The van der Waals surface area contributed by atoms with Crippen molar-refractivity contribution >= 4 is 23.0 Å². The molecule has 1 rings (SSSR count). The van der Waals surface area contributed by atoms with Gasteiger partial charge in [0.1, 0.15) is 0 Å². The fourth-order valence-corrected chi connectivity index (χ4v) is 1.89. The first-order valence-corrected chi connectivity index (χ1v) is 7.05. The van der Waals surface area contributed by atoms with Crippen molar-refractivity contribution in [3.63, 3.8) is 0 Å². The van der Waals surface area contributed by atoms with Crippen LogP contribution in [0.2, 0.25) is 0 Å². The molecule has 0 heterocycles. The number of hydrogen-bond acceptors (Lipinski definition) is 5. The Balaban J connectivity index is 3.76. The minimum Gasteiger partial charge on any atom is -0.309 e. The van der Waals surface area contributed by atoms with E-state index in [1.807, 2.05) is 0 Å². The highest BCUT2D eigenvalue weighted by molar-refractivity contribution is 6.01. The summed E-state index contributed by atoms with van der Waals surface area (Å²) >= 11 is 0. The summed E-state index contributed by atoms with van der Waals surface area (Å²) in [5.41, 5.74) is -9.41. The molecule has 0 atom stereocenters. The number of carbonyl (C=O) groups excluding carboxylic acids is 1. The highest BCUT2D eigenvalue weighted by atomic mass is 19.4. The molecule has 1 aromatic carbocycles. The Morgan fingerprint density at radius 1 is 0.750 bits per heavy atom. The van der Waals surface area contributed by atoms with Gasteiger partial charge in [-0.05, 0) is 0 Å². The first-order chi connectivity index (χ1) is 14.0. The Kier molecular flexibility index (Phi) is 6.38. The van der Waals surface area contributed by atoms with Gasteiger partial charge < -0.3 is 5.32 Å². The summed E-state index contributed by atoms with van der Waals surface area (Å²) < 4.78 is 153. The van der Waals surface area contributed by atoms with Gasteiger partial charge >= 0.3 is 36.0 Å². The lowest BCUT2D eigenvalue weighted by molar-refractivity contribution is -0.392. The standard InChI is InChI=1S/C12H3F12N3O5/c13-8(14,11(19,20)21)3-1-4(26(29)30)6(5(2-3)27(31)32)25-7(28)9(15,16)10(17,18)12(22,23)24/h1-2H,(H,25,28). The molecule has 8 nitrogen and oxygen atoms in total. The van der Waals surface area contributed by atoms with Gasteiger partial charge in [0.05, 0.1) is 9.85 Å². The Hall–Kier alpha value is -3.35. The molecular formula is C12H3F12N3O5. The number of nitrogens with zero attached hydrogens (tertiary/aromatic N) is 2. The predicted octanol–water partition coefficient (Wildman–Crippen LogP) is 4.93. The van der Waals surface area contributed by atoms with E-state index < -0.39 is 80.6 Å². The summed E-state index contributed by atoms with van der Waals surface area (Å²) in [6.45, 7) is 0. The second-order valence-corrected chi connectivity index (χ2v) is 5.58. The van der Waals surface area contributed by atoms with Crippen LogP contribution in [0.25, 0.3) is 0 Å². The highest BCUT2D eigenvalue weighted by Crippen LogP contribution is 2.50. The number of anilines is 1. The van der Waals surface area contributed by atoms with Crippen LogP contribution in [0.15, 0.2) is 12.1 Å². The normalized spacial score (nSPS) is 13.6. The summed E-state index contributed by atoms with van der Waals surface area (Å²) in [6.07, 6.45) is -13.6. The van der Waals surface area contributed by atoms with Gasteiger partial charge in [0, 0.05) is 17.7 Å². The summed E-state index contributed by atoms with van der Waals surface area (Å²) in [5, 5.41) is 22.1. The smallest absolute Gasteiger partial charge is 0.309 e. The quantitative estimate of drug-likeness (QED) is 0.340.